The molecule has 0 amide bonds. The molecule has 2 aromatic rings. The maximum atomic E-state index is 13.6. The van der Waals surface area contributed by atoms with Crippen LogP contribution >= 0.6 is 0 Å². The van der Waals surface area contributed by atoms with Crippen LogP contribution in [0.25, 0.3) is 0 Å². The van der Waals surface area contributed by atoms with E-state index in [4.69, 9.17) is 10.00 Å². The summed E-state index contributed by atoms with van der Waals surface area (Å²) in [4.78, 5) is 4.09. The fourth-order valence-electron chi connectivity index (χ4n) is 1.96. The minimum atomic E-state index is -0.517. The van der Waals surface area contributed by atoms with Crippen molar-refractivity contribution < 1.29 is 9.13 Å². The predicted molar refractivity (Wildman–Crippen MR) is 65.9 cm³/mol. The quantitative estimate of drug-likeness (QED) is 0.846. The lowest BCUT2D eigenvalue weighted by Gasteiger charge is -2.09. The molecule has 0 radical (unpaired) electrons. The van der Waals surface area contributed by atoms with Gasteiger partial charge in [-0.1, -0.05) is 0 Å². The molecule has 1 aliphatic rings. The lowest BCUT2D eigenvalue weighted by atomic mass is 10.2. The fourth-order valence-corrected chi connectivity index (χ4v) is 1.96. The van der Waals surface area contributed by atoms with Gasteiger partial charge in [0.15, 0.2) is 11.6 Å². The van der Waals surface area contributed by atoms with Crippen molar-refractivity contribution in [2.75, 3.05) is 0 Å². The Hall–Kier alpha value is -2.35. The van der Waals surface area contributed by atoms with Crippen molar-refractivity contribution in [1.82, 2.24) is 9.55 Å². The van der Waals surface area contributed by atoms with Crippen LogP contribution in [0.3, 0.4) is 0 Å². The van der Waals surface area contributed by atoms with Crippen LogP contribution < -0.4 is 4.74 Å². The number of halogens is 1. The largest absolute Gasteiger partial charge is 0.484 e. The summed E-state index contributed by atoms with van der Waals surface area (Å²) >= 11 is 0. The Kier molecular flexibility index (Phi) is 2.92. The summed E-state index contributed by atoms with van der Waals surface area (Å²) in [7, 11) is 0. The van der Waals surface area contributed by atoms with Gasteiger partial charge in [0.25, 0.3) is 0 Å². The highest BCUT2D eigenvalue weighted by Crippen LogP contribution is 2.35. The zero-order chi connectivity index (χ0) is 13.2. The molecular weight excluding hydrogens is 245 g/mol. The van der Waals surface area contributed by atoms with Crippen molar-refractivity contribution in [1.29, 1.82) is 5.26 Å². The Balaban J connectivity index is 1.72. The van der Waals surface area contributed by atoms with Crippen LogP contribution in [0.4, 0.5) is 4.39 Å². The van der Waals surface area contributed by atoms with E-state index in [2.05, 4.69) is 9.55 Å². The van der Waals surface area contributed by atoms with Gasteiger partial charge in [0, 0.05) is 6.04 Å². The SMILES string of the molecule is N#Cc1ccc(OCc2cncn2C2CC2)c(F)c1. The third-order valence-corrected chi connectivity index (χ3v) is 3.12. The molecule has 1 aliphatic carbocycles. The number of aromatic nitrogens is 2. The van der Waals surface area contributed by atoms with Crippen LogP contribution in [-0.2, 0) is 6.61 Å². The first kappa shape index (κ1) is 11.7. The summed E-state index contributed by atoms with van der Waals surface area (Å²) in [6.07, 6.45) is 5.84. The van der Waals surface area contributed by atoms with Crippen LogP contribution in [0.1, 0.15) is 30.1 Å². The summed E-state index contributed by atoms with van der Waals surface area (Å²) in [5.74, 6) is -0.362. The lowest BCUT2D eigenvalue weighted by molar-refractivity contribution is 0.280. The summed E-state index contributed by atoms with van der Waals surface area (Å²) in [5.41, 5.74) is 1.22. The Bertz CT molecular complexity index is 640. The van der Waals surface area contributed by atoms with Crippen LogP contribution in [-0.4, -0.2) is 9.55 Å². The van der Waals surface area contributed by atoms with E-state index in [0.29, 0.717) is 6.04 Å². The van der Waals surface area contributed by atoms with Crippen LogP contribution in [0.2, 0.25) is 0 Å². The average molecular weight is 257 g/mol. The van der Waals surface area contributed by atoms with Crippen molar-refractivity contribution in [3.8, 4) is 11.8 Å². The van der Waals surface area contributed by atoms with E-state index in [1.807, 2.05) is 6.07 Å². The van der Waals surface area contributed by atoms with Gasteiger partial charge in [0.05, 0.1) is 29.9 Å². The molecule has 1 aromatic heterocycles. The molecule has 4 nitrogen and oxygen atoms in total. The molecule has 0 saturated heterocycles. The van der Waals surface area contributed by atoms with E-state index in [-0.39, 0.29) is 17.9 Å². The van der Waals surface area contributed by atoms with Gasteiger partial charge in [0.2, 0.25) is 0 Å². The molecule has 1 heterocycles. The standard InChI is InChI=1S/C14H12FN3O/c15-13-5-10(6-16)1-4-14(13)19-8-12-7-17-9-18(12)11-2-3-11/h1,4-5,7,9,11H,2-3,8H2. The third kappa shape index (κ3) is 2.43. The molecule has 1 saturated carbocycles. The highest BCUT2D eigenvalue weighted by Gasteiger charge is 2.25. The van der Waals surface area contributed by atoms with Gasteiger partial charge in [-0.05, 0) is 31.0 Å². The number of hydrogen-bond donors (Lipinski definition) is 0. The second-order valence-electron chi connectivity index (χ2n) is 4.57. The van der Waals surface area contributed by atoms with E-state index in [9.17, 15) is 4.39 Å². The molecule has 0 aliphatic heterocycles. The maximum Gasteiger partial charge on any atom is 0.166 e. The second kappa shape index (κ2) is 4.73. The van der Waals surface area contributed by atoms with Crippen molar-refractivity contribution >= 4 is 0 Å². The normalized spacial score (nSPS) is 14.1. The lowest BCUT2D eigenvalue weighted by Crippen LogP contribution is -2.04. The minimum Gasteiger partial charge on any atom is -0.484 e. The number of nitriles is 1. The second-order valence-corrected chi connectivity index (χ2v) is 4.57. The van der Waals surface area contributed by atoms with Crippen molar-refractivity contribution in [3.05, 3.63) is 47.8 Å². The third-order valence-electron chi connectivity index (χ3n) is 3.12. The molecule has 3 rings (SSSR count). The highest BCUT2D eigenvalue weighted by molar-refractivity contribution is 5.36. The predicted octanol–water partition coefficient (Wildman–Crippen LogP) is 2.81. The van der Waals surface area contributed by atoms with E-state index in [1.165, 1.54) is 18.2 Å². The number of hydrogen-bond acceptors (Lipinski definition) is 3. The zero-order valence-corrected chi connectivity index (χ0v) is 10.2. The fraction of sp³-hybridized carbons (Fsp3) is 0.286. The summed E-state index contributed by atoms with van der Waals surface area (Å²) in [5, 5.41) is 8.67. The Morgan fingerprint density at radius 3 is 3.00 bits per heavy atom. The number of benzene rings is 1. The first-order chi connectivity index (χ1) is 9.28. The van der Waals surface area contributed by atoms with E-state index in [1.54, 1.807) is 12.5 Å². The molecule has 19 heavy (non-hydrogen) atoms. The van der Waals surface area contributed by atoms with Crippen LogP contribution in [0, 0.1) is 17.1 Å². The van der Waals surface area contributed by atoms with Crippen molar-refractivity contribution in [2.45, 2.75) is 25.5 Å². The van der Waals surface area contributed by atoms with Gasteiger partial charge in [0.1, 0.15) is 6.61 Å². The molecule has 5 heteroatoms. The van der Waals surface area contributed by atoms with E-state index in [0.717, 1.165) is 18.5 Å². The Morgan fingerprint density at radius 1 is 1.47 bits per heavy atom. The van der Waals surface area contributed by atoms with Crippen molar-refractivity contribution in [2.24, 2.45) is 0 Å². The molecule has 0 N–H and O–H groups in total. The van der Waals surface area contributed by atoms with Crippen LogP contribution in [0.15, 0.2) is 30.7 Å². The molecule has 0 atom stereocenters. The monoisotopic (exact) mass is 257 g/mol. The summed E-state index contributed by atoms with van der Waals surface area (Å²) in [6.45, 7) is 0.277. The number of nitrogens with zero attached hydrogens (tertiary/aromatic N) is 3. The van der Waals surface area contributed by atoms with Gasteiger partial charge in [-0.2, -0.15) is 5.26 Å². The van der Waals surface area contributed by atoms with Crippen LogP contribution in [0.5, 0.6) is 5.75 Å². The number of rotatable bonds is 4. The molecule has 1 fully saturated rings. The van der Waals surface area contributed by atoms with Gasteiger partial charge in [-0.25, -0.2) is 9.37 Å². The number of ether oxygens (including phenoxy) is 1. The van der Waals surface area contributed by atoms with E-state index < -0.39 is 5.82 Å². The van der Waals surface area contributed by atoms with E-state index >= 15 is 0 Å². The molecule has 0 unspecified atom stereocenters. The molecule has 0 spiro atoms. The molecular formula is C14H12FN3O. The first-order valence-electron chi connectivity index (χ1n) is 6.11. The van der Waals surface area contributed by atoms with Gasteiger partial charge in [-0.3, -0.25) is 0 Å². The Labute approximate surface area is 110 Å². The van der Waals surface area contributed by atoms with Gasteiger partial charge in [-0.15, -0.1) is 0 Å². The topological polar surface area (TPSA) is 50.8 Å². The first-order valence-corrected chi connectivity index (χ1v) is 6.11. The van der Waals surface area contributed by atoms with Gasteiger partial charge < -0.3 is 9.30 Å². The summed E-state index contributed by atoms with van der Waals surface area (Å²) < 4.78 is 21.2. The molecule has 0 bridgehead atoms. The number of imidazole rings is 1. The smallest absolute Gasteiger partial charge is 0.166 e. The Morgan fingerprint density at radius 2 is 2.32 bits per heavy atom. The van der Waals surface area contributed by atoms with Gasteiger partial charge >= 0.3 is 0 Å². The molecule has 96 valence electrons. The minimum absolute atomic E-state index is 0.155. The average Bonchev–Trinajstić information content (AvgIpc) is 3.16. The zero-order valence-electron chi connectivity index (χ0n) is 10.2. The maximum absolute atomic E-state index is 13.6. The molecule has 1 aromatic carbocycles. The summed E-state index contributed by atoms with van der Waals surface area (Å²) in [6, 6.07) is 6.60. The highest BCUT2D eigenvalue weighted by atomic mass is 19.1. The van der Waals surface area contributed by atoms with Crippen molar-refractivity contribution in [3.63, 3.8) is 0 Å².